The highest BCUT2D eigenvalue weighted by Gasteiger charge is 2.34. The maximum Gasteiger partial charge on any atom is 0.286 e. The van der Waals surface area contributed by atoms with E-state index in [2.05, 4.69) is 20.4 Å². The van der Waals surface area contributed by atoms with Crippen molar-refractivity contribution >= 4 is 28.8 Å². The number of nitrogens with zero attached hydrogens (tertiary/aromatic N) is 4. The molecule has 144 valence electrons. The molecule has 3 aromatic heterocycles. The van der Waals surface area contributed by atoms with E-state index in [9.17, 15) is 9.59 Å². The van der Waals surface area contributed by atoms with E-state index < -0.39 is 11.5 Å². The van der Waals surface area contributed by atoms with Crippen LogP contribution in [0.2, 0.25) is 0 Å². The molecule has 4 rings (SSSR count). The first-order valence-corrected chi connectivity index (χ1v) is 9.82. The number of rotatable bonds is 5. The van der Waals surface area contributed by atoms with Crippen molar-refractivity contribution in [3.63, 3.8) is 0 Å². The second-order valence-corrected chi connectivity index (χ2v) is 7.73. The minimum absolute atomic E-state index is 0.0294. The minimum atomic E-state index is -0.653. The third-order valence-corrected chi connectivity index (χ3v) is 5.53. The normalized spacial score (nSPS) is 19.4. The van der Waals surface area contributed by atoms with E-state index in [1.54, 1.807) is 22.0 Å². The molecular weight excluding hydrogens is 378 g/mol. The van der Waals surface area contributed by atoms with Crippen LogP contribution in [-0.4, -0.2) is 36.9 Å². The molecule has 1 amide bonds. The lowest BCUT2D eigenvalue weighted by atomic mass is 9.93. The van der Waals surface area contributed by atoms with Crippen LogP contribution in [0.3, 0.4) is 0 Å². The zero-order valence-electron chi connectivity index (χ0n) is 15.5. The first kappa shape index (κ1) is 18.3. The van der Waals surface area contributed by atoms with E-state index in [4.69, 9.17) is 4.74 Å². The van der Waals surface area contributed by atoms with Gasteiger partial charge in [0, 0.05) is 12.3 Å². The monoisotopic (exact) mass is 397 g/mol. The maximum atomic E-state index is 12.5. The summed E-state index contributed by atoms with van der Waals surface area (Å²) >= 11 is 1.60. The van der Waals surface area contributed by atoms with Gasteiger partial charge >= 0.3 is 0 Å². The number of aromatic nitrogens is 4. The van der Waals surface area contributed by atoms with Gasteiger partial charge in [0.05, 0.1) is 23.5 Å². The summed E-state index contributed by atoms with van der Waals surface area (Å²) in [5, 5.41) is 9.16. The summed E-state index contributed by atoms with van der Waals surface area (Å²) in [6.07, 6.45) is 3.83. The molecule has 1 aliphatic rings. The summed E-state index contributed by atoms with van der Waals surface area (Å²) in [7, 11) is 0. The molecule has 4 heterocycles. The lowest BCUT2D eigenvalue weighted by molar-refractivity contribution is -0.132. The van der Waals surface area contributed by atoms with Crippen molar-refractivity contribution in [2.24, 2.45) is 0 Å². The number of amides is 1. The highest BCUT2D eigenvalue weighted by molar-refractivity contribution is 7.13. The Morgan fingerprint density at radius 1 is 1.43 bits per heavy atom. The van der Waals surface area contributed by atoms with Gasteiger partial charge in [0.1, 0.15) is 5.60 Å². The Labute approximate surface area is 165 Å². The predicted molar refractivity (Wildman–Crippen MR) is 103 cm³/mol. The Kier molecular flexibility index (Phi) is 4.68. The van der Waals surface area contributed by atoms with Crippen molar-refractivity contribution in [2.45, 2.75) is 38.8 Å². The van der Waals surface area contributed by atoms with Gasteiger partial charge in [0.15, 0.2) is 17.4 Å². The zero-order valence-corrected chi connectivity index (χ0v) is 16.3. The summed E-state index contributed by atoms with van der Waals surface area (Å²) in [5.41, 5.74) is 0.229. The molecular formula is C19H19N5O3S. The van der Waals surface area contributed by atoms with Crippen molar-refractivity contribution in [1.29, 1.82) is 0 Å². The maximum absolute atomic E-state index is 12.5. The quantitative estimate of drug-likeness (QED) is 0.710. The summed E-state index contributed by atoms with van der Waals surface area (Å²) in [6.45, 7) is 3.85. The number of allylic oxidation sites excluding steroid dienone is 1. The number of hydrogen-bond donors (Lipinski definition) is 1. The fraction of sp³-hybridized carbons (Fsp3) is 0.316. The van der Waals surface area contributed by atoms with Crippen LogP contribution in [0.4, 0.5) is 0 Å². The third-order valence-electron chi connectivity index (χ3n) is 4.63. The van der Waals surface area contributed by atoms with Crippen LogP contribution in [0, 0.1) is 0 Å². The van der Waals surface area contributed by atoms with Crippen molar-refractivity contribution in [3.05, 3.63) is 47.4 Å². The first-order valence-electron chi connectivity index (χ1n) is 8.94. The number of carbonyl (C=O) groups is 2. The Balaban J connectivity index is 1.51. The molecule has 1 N–H and O–H groups in total. The third kappa shape index (κ3) is 3.53. The van der Waals surface area contributed by atoms with E-state index in [0.29, 0.717) is 18.0 Å². The molecule has 1 aliphatic heterocycles. The number of ketones is 1. The van der Waals surface area contributed by atoms with E-state index in [1.165, 1.54) is 6.08 Å². The Morgan fingerprint density at radius 2 is 2.29 bits per heavy atom. The summed E-state index contributed by atoms with van der Waals surface area (Å²) in [6, 6.07) is 5.83. The smallest absolute Gasteiger partial charge is 0.286 e. The molecule has 1 atom stereocenters. The standard InChI is InChI=1S/C19H19N5O3S/c1-3-19(2)10-12(25)9-14(27-19)17(26)21-11-16-22-18-20-7-6-13(24(18)23-16)15-5-4-8-28-15/h4-9H,3,10-11H2,1-2H3,(H,21,26). The van der Waals surface area contributed by atoms with Crippen LogP contribution in [0.25, 0.3) is 16.3 Å². The molecule has 0 spiro atoms. The molecule has 0 aliphatic carbocycles. The van der Waals surface area contributed by atoms with Gasteiger partial charge in [-0.2, -0.15) is 9.50 Å². The molecule has 9 heteroatoms. The van der Waals surface area contributed by atoms with E-state index in [0.717, 1.165) is 10.6 Å². The summed E-state index contributed by atoms with van der Waals surface area (Å²) < 4.78 is 7.40. The molecule has 0 saturated carbocycles. The molecule has 1 unspecified atom stereocenters. The number of carbonyl (C=O) groups excluding carboxylic acids is 2. The average molecular weight is 397 g/mol. The topological polar surface area (TPSA) is 98.5 Å². The number of ether oxygens (including phenoxy) is 1. The van der Waals surface area contributed by atoms with Crippen LogP contribution in [0.5, 0.6) is 0 Å². The highest BCUT2D eigenvalue weighted by atomic mass is 32.1. The lowest BCUT2D eigenvalue weighted by Gasteiger charge is -2.32. The molecule has 0 bridgehead atoms. The summed E-state index contributed by atoms with van der Waals surface area (Å²) in [5.74, 6) is 0.332. The molecule has 28 heavy (non-hydrogen) atoms. The van der Waals surface area contributed by atoms with Gasteiger partial charge in [-0.15, -0.1) is 16.4 Å². The molecule has 3 aromatic rings. The Morgan fingerprint density at radius 3 is 3.04 bits per heavy atom. The fourth-order valence-electron chi connectivity index (χ4n) is 2.97. The van der Waals surface area contributed by atoms with Crippen LogP contribution >= 0.6 is 11.3 Å². The average Bonchev–Trinajstić information content (AvgIpc) is 3.34. The van der Waals surface area contributed by atoms with Crippen LogP contribution in [0.1, 0.15) is 32.5 Å². The molecule has 0 radical (unpaired) electrons. The number of thiophene rings is 1. The Bertz CT molecular complexity index is 1070. The van der Waals surface area contributed by atoms with Gasteiger partial charge in [-0.3, -0.25) is 9.59 Å². The van der Waals surface area contributed by atoms with Gasteiger partial charge in [-0.25, -0.2) is 4.98 Å². The minimum Gasteiger partial charge on any atom is -0.481 e. The van der Waals surface area contributed by atoms with Crippen LogP contribution in [0.15, 0.2) is 41.6 Å². The predicted octanol–water partition coefficient (Wildman–Crippen LogP) is 2.51. The fourth-order valence-corrected chi connectivity index (χ4v) is 3.71. The van der Waals surface area contributed by atoms with Crippen molar-refractivity contribution < 1.29 is 14.3 Å². The van der Waals surface area contributed by atoms with Crippen molar-refractivity contribution in [3.8, 4) is 10.6 Å². The second kappa shape index (κ2) is 7.16. The number of hydrogen-bond acceptors (Lipinski definition) is 7. The van der Waals surface area contributed by atoms with E-state index in [1.807, 2.05) is 37.4 Å². The Hall–Kier alpha value is -3.07. The van der Waals surface area contributed by atoms with E-state index in [-0.39, 0.29) is 24.5 Å². The van der Waals surface area contributed by atoms with Gasteiger partial charge in [-0.05, 0) is 30.9 Å². The lowest BCUT2D eigenvalue weighted by Crippen LogP contribution is -2.38. The largest absolute Gasteiger partial charge is 0.481 e. The SMILES string of the molecule is CCC1(C)CC(=O)C=C(C(=O)NCc2nc3nccc(-c4cccs4)n3n2)O1. The van der Waals surface area contributed by atoms with Crippen LogP contribution < -0.4 is 5.32 Å². The molecule has 0 fully saturated rings. The van der Waals surface area contributed by atoms with E-state index >= 15 is 0 Å². The molecule has 0 saturated heterocycles. The van der Waals surface area contributed by atoms with Gasteiger partial charge in [0.2, 0.25) is 0 Å². The zero-order chi connectivity index (χ0) is 19.7. The first-order chi connectivity index (χ1) is 13.5. The molecule has 8 nitrogen and oxygen atoms in total. The number of fused-ring (bicyclic) bond motifs is 1. The van der Waals surface area contributed by atoms with Crippen molar-refractivity contribution in [2.75, 3.05) is 0 Å². The van der Waals surface area contributed by atoms with Gasteiger partial charge in [0.25, 0.3) is 11.7 Å². The van der Waals surface area contributed by atoms with Gasteiger partial charge in [-0.1, -0.05) is 13.0 Å². The van der Waals surface area contributed by atoms with Gasteiger partial charge < -0.3 is 10.1 Å². The summed E-state index contributed by atoms with van der Waals surface area (Å²) in [4.78, 5) is 34.0. The number of nitrogens with one attached hydrogen (secondary N) is 1. The van der Waals surface area contributed by atoms with Crippen LogP contribution in [-0.2, 0) is 20.9 Å². The second-order valence-electron chi connectivity index (χ2n) is 6.79. The highest BCUT2D eigenvalue weighted by Crippen LogP contribution is 2.28. The van der Waals surface area contributed by atoms with Crippen molar-refractivity contribution in [1.82, 2.24) is 24.9 Å². The molecule has 0 aromatic carbocycles.